The molecule has 0 unspecified atom stereocenters. The quantitative estimate of drug-likeness (QED) is 0.340. The summed E-state index contributed by atoms with van der Waals surface area (Å²) in [7, 11) is 0. The molecule has 26 heavy (non-hydrogen) atoms. The summed E-state index contributed by atoms with van der Waals surface area (Å²) in [5, 5.41) is 0. The number of esters is 2. The van der Waals surface area contributed by atoms with Gasteiger partial charge in [0.2, 0.25) is 0 Å². The van der Waals surface area contributed by atoms with Crippen LogP contribution < -0.4 is 9.47 Å². The lowest BCUT2D eigenvalue weighted by molar-refractivity contribution is 0.0499. The smallest absolute Gasteiger partial charge is 0.347 e. The SMILES string of the molecule is CCCCOC(=O)c1ccc(OC(=O)c2cc(Br)ccc2OCC)cc1. The number of benzene rings is 2. The Morgan fingerprint density at radius 1 is 1.00 bits per heavy atom. The lowest BCUT2D eigenvalue weighted by Gasteiger charge is -2.10. The molecule has 0 aliphatic rings. The second-order valence-corrected chi connectivity index (χ2v) is 6.39. The first-order valence-electron chi connectivity index (χ1n) is 8.46. The average molecular weight is 421 g/mol. The van der Waals surface area contributed by atoms with Crippen molar-refractivity contribution in [3.63, 3.8) is 0 Å². The van der Waals surface area contributed by atoms with Gasteiger partial charge in [0, 0.05) is 4.47 Å². The third-order valence-corrected chi connectivity index (χ3v) is 3.99. The molecule has 0 bridgehead atoms. The first kappa shape index (κ1) is 20.0. The molecule has 2 aromatic carbocycles. The Morgan fingerprint density at radius 3 is 2.38 bits per heavy atom. The first-order chi connectivity index (χ1) is 12.5. The van der Waals surface area contributed by atoms with Crippen molar-refractivity contribution < 1.29 is 23.8 Å². The van der Waals surface area contributed by atoms with E-state index in [-0.39, 0.29) is 5.97 Å². The maximum atomic E-state index is 12.4. The highest BCUT2D eigenvalue weighted by atomic mass is 79.9. The fraction of sp³-hybridized carbons (Fsp3) is 0.300. The van der Waals surface area contributed by atoms with Gasteiger partial charge in [-0.05, 0) is 55.8 Å². The minimum Gasteiger partial charge on any atom is -0.493 e. The Morgan fingerprint density at radius 2 is 1.73 bits per heavy atom. The van der Waals surface area contributed by atoms with Gasteiger partial charge in [0.15, 0.2) is 0 Å². The number of carbonyl (C=O) groups is 2. The van der Waals surface area contributed by atoms with Gasteiger partial charge in [-0.25, -0.2) is 9.59 Å². The average Bonchev–Trinajstić information content (AvgIpc) is 2.64. The monoisotopic (exact) mass is 420 g/mol. The van der Waals surface area contributed by atoms with E-state index in [9.17, 15) is 9.59 Å². The molecule has 0 aliphatic heterocycles. The van der Waals surface area contributed by atoms with E-state index in [1.807, 2.05) is 13.8 Å². The van der Waals surface area contributed by atoms with E-state index in [0.717, 1.165) is 17.3 Å². The zero-order valence-electron chi connectivity index (χ0n) is 14.8. The number of unbranched alkanes of at least 4 members (excludes halogenated alkanes) is 1. The zero-order valence-corrected chi connectivity index (χ0v) is 16.4. The maximum absolute atomic E-state index is 12.4. The second kappa shape index (κ2) is 9.97. The Kier molecular flexibility index (Phi) is 7.66. The molecule has 0 radical (unpaired) electrons. The summed E-state index contributed by atoms with van der Waals surface area (Å²) in [6.45, 7) is 4.71. The van der Waals surface area contributed by atoms with Gasteiger partial charge in [0.05, 0.1) is 18.8 Å². The van der Waals surface area contributed by atoms with Crippen LogP contribution in [0.4, 0.5) is 0 Å². The van der Waals surface area contributed by atoms with E-state index in [0.29, 0.717) is 35.8 Å². The molecule has 0 saturated carbocycles. The molecular formula is C20H21BrO5. The molecule has 5 nitrogen and oxygen atoms in total. The predicted molar refractivity (Wildman–Crippen MR) is 102 cm³/mol. The summed E-state index contributed by atoms with van der Waals surface area (Å²) in [4.78, 5) is 24.3. The second-order valence-electron chi connectivity index (χ2n) is 5.48. The molecule has 0 aromatic heterocycles. The molecule has 0 atom stereocenters. The molecule has 0 heterocycles. The van der Waals surface area contributed by atoms with Crippen LogP contribution in [0.5, 0.6) is 11.5 Å². The van der Waals surface area contributed by atoms with Crippen molar-refractivity contribution in [1.82, 2.24) is 0 Å². The van der Waals surface area contributed by atoms with Crippen LogP contribution in [0.1, 0.15) is 47.4 Å². The van der Waals surface area contributed by atoms with Crippen molar-refractivity contribution in [1.29, 1.82) is 0 Å². The molecule has 2 aromatic rings. The molecule has 0 fully saturated rings. The highest BCUT2D eigenvalue weighted by molar-refractivity contribution is 9.10. The van der Waals surface area contributed by atoms with Crippen LogP contribution in [0.15, 0.2) is 46.9 Å². The molecule has 2 rings (SSSR count). The fourth-order valence-electron chi connectivity index (χ4n) is 2.16. The van der Waals surface area contributed by atoms with E-state index < -0.39 is 5.97 Å². The molecule has 6 heteroatoms. The van der Waals surface area contributed by atoms with Gasteiger partial charge in [-0.15, -0.1) is 0 Å². The Hall–Kier alpha value is -2.34. The molecule has 0 spiro atoms. The van der Waals surface area contributed by atoms with Crippen LogP contribution in [-0.4, -0.2) is 25.2 Å². The molecule has 0 amide bonds. The lowest BCUT2D eigenvalue weighted by atomic mass is 10.2. The number of hydrogen-bond acceptors (Lipinski definition) is 5. The Balaban J connectivity index is 2.06. The van der Waals surface area contributed by atoms with E-state index in [1.165, 1.54) is 0 Å². The fourth-order valence-corrected chi connectivity index (χ4v) is 2.52. The Bertz CT molecular complexity index is 755. The normalized spacial score (nSPS) is 10.3. The number of halogens is 1. The van der Waals surface area contributed by atoms with Gasteiger partial charge in [-0.2, -0.15) is 0 Å². The van der Waals surface area contributed by atoms with Gasteiger partial charge >= 0.3 is 11.9 Å². The third kappa shape index (κ3) is 5.59. The van der Waals surface area contributed by atoms with Crippen molar-refractivity contribution in [3.05, 3.63) is 58.1 Å². The highest BCUT2D eigenvalue weighted by Gasteiger charge is 2.16. The van der Waals surface area contributed by atoms with E-state index in [4.69, 9.17) is 14.2 Å². The number of rotatable bonds is 8. The van der Waals surface area contributed by atoms with Crippen molar-refractivity contribution in [3.8, 4) is 11.5 Å². The van der Waals surface area contributed by atoms with Crippen molar-refractivity contribution in [2.45, 2.75) is 26.7 Å². The van der Waals surface area contributed by atoms with Crippen LogP contribution in [-0.2, 0) is 4.74 Å². The van der Waals surface area contributed by atoms with Crippen LogP contribution in [0.2, 0.25) is 0 Å². The van der Waals surface area contributed by atoms with Gasteiger partial charge in [0.25, 0.3) is 0 Å². The van der Waals surface area contributed by atoms with Gasteiger partial charge in [0.1, 0.15) is 17.1 Å². The van der Waals surface area contributed by atoms with Gasteiger partial charge in [-0.3, -0.25) is 0 Å². The van der Waals surface area contributed by atoms with E-state index in [2.05, 4.69) is 15.9 Å². The molecule has 0 saturated heterocycles. The number of carbonyl (C=O) groups excluding carboxylic acids is 2. The van der Waals surface area contributed by atoms with E-state index >= 15 is 0 Å². The van der Waals surface area contributed by atoms with E-state index in [1.54, 1.807) is 42.5 Å². The topological polar surface area (TPSA) is 61.8 Å². The van der Waals surface area contributed by atoms with Crippen molar-refractivity contribution >= 4 is 27.9 Å². The van der Waals surface area contributed by atoms with Gasteiger partial charge < -0.3 is 14.2 Å². The van der Waals surface area contributed by atoms with Crippen LogP contribution in [0, 0.1) is 0 Å². The summed E-state index contributed by atoms with van der Waals surface area (Å²) < 4.78 is 16.7. The highest BCUT2D eigenvalue weighted by Crippen LogP contribution is 2.25. The van der Waals surface area contributed by atoms with Crippen LogP contribution in [0.25, 0.3) is 0 Å². The number of ether oxygens (including phenoxy) is 3. The van der Waals surface area contributed by atoms with Crippen molar-refractivity contribution in [2.24, 2.45) is 0 Å². The summed E-state index contributed by atoms with van der Waals surface area (Å²) in [5.41, 5.74) is 0.739. The standard InChI is InChI=1S/C20H21BrO5/c1-3-5-12-25-19(22)14-6-9-16(10-7-14)26-20(23)17-13-15(21)8-11-18(17)24-4-2/h6-11,13H,3-5,12H2,1-2H3. The molecule has 0 N–H and O–H groups in total. The molecule has 0 aliphatic carbocycles. The number of hydrogen-bond donors (Lipinski definition) is 0. The minimum atomic E-state index is -0.534. The summed E-state index contributed by atoms with van der Waals surface area (Å²) >= 11 is 3.34. The van der Waals surface area contributed by atoms with Crippen LogP contribution >= 0.6 is 15.9 Å². The molecule has 138 valence electrons. The zero-order chi connectivity index (χ0) is 18.9. The maximum Gasteiger partial charge on any atom is 0.347 e. The minimum absolute atomic E-state index is 0.323. The summed E-state index contributed by atoms with van der Waals surface area (Å²) in [5.74, 6) is -0.130. The van der Waals surface area contributed by atoms with Crippen molar-refractivity contribution in [2.75, 3.05) is 13.2 Å². The largest absolute Gasteiger partial charge is 0.493 e. The first-order valence-corrected chi connectivity index (χ1v) is 9.26. The van der Waals surface area contributed by atoms with Crippen LogP contribution in [0.3, 0.4) is 0 Å². The van der Waals surface area contributed by atoms with Gasteiger partial charge in [-0.1, -0.05) is 29.3 Å². The Labute approximate surface area is 161 Å². The summed E-state index contributed by atoms with van der Waals surface area (Å²) in [6.07, 6.45) is 1.79. The predicted octanol–water partition coefficient (Wildman–Crippen LogP) is 5.02. The lowest BCUT2D eigenvalue weighted by Crippen LogP contribution is -2.11. The summed E-state index contributed by atoms with van der Waals surface area (Å²) in [6, 6.07) is 11.4. The third-order valence-electron chi connectivity index (χ3n) is 3.49. The molecular weight excluding hydrogens is 400 g/mol.